The van der Waals surface area contributed by atoms with E-state index in [-0.39, 0.29) is 0 Å². The van der Waals surface area contributed by atoms with Gasteiger partial charge in [0.25, 0.3) is 0 Å². The van der Waals surface area contributed by atoms with Gasteiger partial charge in [-0.1, -0.05) is 41.4 Å². The highest BCUT2D eigenvalue weighted by Crippen LogP contribution is 2.30. The van der Waals surface area contributed by atoms with E-state index in [9.17, 15) is 0 Å². The Hall–Kier alpha value is -1.64. The fourth-order valence-electron chi connectivity index (χ4n) is 2.00. The van der Waals surface area contributed by atoms with Crippen LogP contribution in [0.1, 0.15) is 18.1 Å². The monoisotopic (exact) mass is 322 g/mol. The summed E-state index contributed by atoms with van der Waals surface area (Å²) in [7, 11) is 3.21. The van der Waals surface area contributed by atoms with Crippen LogP contribution in [0.3, 0.4) is 0 Å². The summed E-state index contributed by atoms with van der Waals surface area (Å²) in [5.41, 5.74) is 3.15. The van der Waals surface area contributed by atoms with E-state index in [1.807, 2.05) is 43.3 Å². The first kappa shape index (κ1) is 15.7. The van der Waals surface area contributed by atoms with Crippen LogP contribution in [0, 0.1) is 0 Å². The fraction of sp³-hybridized carbons (Fsp3) is 0.176. The molecule has 0 aromatic heterocycles. The van der Waals surface area contributed by atoms with E-state index in [4.69, 9.17) is 32.7 Å². The lowest BCUT2D eigenvalue weighted by molar-refractivity contribution is 0.415. The highest BCUT2D eigenvalue weighted by Gasteiger charge is 2.05. The van der Waals surface area contributed by atoms with Crippen LogP contribution < -0.4 is 9.47 Å². The summed E-state index contributed by atoms with van der Waals surface area (Å²) in [6.45, 7) is 2.03. The zero-order chi connectivity index (χ0) is 15.4. The SMILES string of the molecule is COc1cc(C=C(C)c2ccc(Cl)c(OC)c2)ccc1Cl. The molecule has 0 radical (unpaired) electrons. The molecule has 0 saturated carbocycles. The van der Waals surface area contributed by atoms with E-state index in [0.717, 1.165) is 16.7 Å². The first-order valence-electron chi connectivity index (χ1n) is 6.41. The van der Waals surface area contributed by atoms with Crippen molar-refractivity contribution in [2.45, 2.75) is 6.92 Å². The van der Waals surface area contributed by atoms with Gasteiger partial charge in [0.15, 0.2) is 0 Å². The molecule has 21 heavy (non-hydrogen) atoms. The summed E-state index contributed by atoms with van der Waals surface area (Å²) in [6.07, 6.45) is 2.06. The maximum Gasteiger partial charge on any atom is 0.138 e. The second-order valence-corrected chi connectivity index (χ2v) is 5.39. The summed E-state index contributed by atoms with van der Waals surface area (Å²) in [4.78, 5) is 0. The average Bonchev–Trinajstić information content (AvgIpc) is 2.49. The van der Waals surface area contributed by atoms with Crippen LogP contribution in [0.25, 0.3) is 11.6 Å². The molecule has 0 amide bonds. The van der Waals surface area contributed by atoms with Gasteiger partial charge in [-0.2, -0.15) is 0 Å². The van der Waals surface area contributed by atoms with Crippen molar-refractivity contribution in [2.24, 2.45) is 0 Å². The maximum absolute atomic E-state index is 6.04. The van der Waals surface area contributed by atoms with Crippen molar-refractivity contribution in [3.63, 3.8) is 0 Å². The van der Waals surface area contributed by atoms with Crippen molar-refractivity contribution in [3.8, 4) is 11.5 Å². The Morgan fingerprint density at radius 1 is 0.905 bits per heavy atom. The highest BCUT2D eigenvalue weighted by atomic mass is 35.5. The van der Waals surface area contributed by atoms with Gasteiger partial charge in [0.2, 0.25) is 0 Å². The molecule has 2 nitrogen and oxygen atoms in total. The molecule has 0 fully saturated rings. The summed E-state index contributed by atoms with van der Waals surface area (Å²) >= 11 is 12.1. The third kappa shape index (κ3) is 3.72. The maximum atomic E-state index is 6.04. The van der Waals surface area contributed by atoms with Crippen molar-refractivity contribution < 1.29 is 9.47 Å². The minimum Gasteiger partial charge on any atom is -0.495 e. The second kappa shape index (κ2) is 6.88. The quantitative estimate of drug-likeness (QED) is 0.685. The number of rotatable bonds is 4. The fourth-order valence-corrected chi connectivity index (χ4v) is 2.39. The summed E-state index contributed by atoms with van der Waals surface area (Å²) in [6, 6.07) is 11.4. The molecule has 0 N–H and O–H groups in total. The molecule has 4 heteroatoms. The summed E-state index contributed by atoms with van der Waals surface area (Å²) in [5, 5.41) is 1.20. The van der Waals surface area contributed by atoms with Crippen LogP contribution in [0.4, 0.5) is 0 Å². The average molecular weight is 323 g/mol. The molecule has 0 aliphatic heterocycles. The zero-order valence-corrected chi connectivity index (χ0v) is 13.6. The van der Waals surface area contributed by atoms with Crippen LogP contribution in [0.2, 0.25) is 10.0 Å². The first-order chi connectivity index (χ1) is 10.0. The lowest BCUT2D eigenvalue weighted by atomic mass is 10.0. The highest BCUT2D eigenvalue weighted by molar-refractivity contribution is 6.32. The van der Waals surface area contributed by atoms with Crippen molar-refractivity contribution in [1.29, 1.82) is 0 Å². The Morgan fingerprint density at radius 2 is 1.48 bits per heavy atom. The Kier molecular flexibility index (Phi) is 5.16. The number of hydrogen-bond acceptors (Lipinski definition) is 2. The molecular weight excluding hydrogens is 307 g/mol. The topological polar surface area (TPSA) is 18.5 Å². The Morgan fingerprint density at radius 3 is 2.10 bits per heavy atom. The van der Waals surface area contributed by atoms with Gasteiger partial charge in [-0.05, 0) is 47.9 Å². The smallest absolute Gasteiger partial charge is 0.138 e. The lowest BCUT2D eigenvalue weighted by Crippen LogP contribution is -1.88. The number of methoxy groups -OCH3 is 2. The molecule has 0 aliphatic rings. The van der Waals surface area contributed by atoms with Gasteiger partial charge in [-0.25, -0.2) is 0 Å². The van der Waals surface area contributed by atoms with Crippen molar-refractivity contribution >= 4 is 34.9 Å². The molecule has 0 aliphatic carbocycles. The molecule has 0 saturated heterocycles. The summed E-state index contributed by atoms with van der Waals surface area (Å²) in [5.74, 6) is 1.32. The third-order valence-electron chi connectivity index (χ3n) is 3.16. The Bertz CT molecular complexity index is 678. The number of ether oxygens (including phenoxy) is 2. The van der Waals surface area contributed by atoms with E-state index >= 15 is 0 Å². The lowest BCUT2D eigenvalue weighted by Gasteiger charge is -2.08. The summed E-state index contributed by atoms with van der Waals surface area (Å²) < 4.78 is 10.5. The molecule has 2 aromatic carbocycles. The molecule has 0 spiro atoms. The van der Waals surface area contributed by atoms with Gasteiger partial charge in [-0.15, -0.1) is 0 Å². The van der Waals surface area contributed by atoms with E-state index in [1.54, 1.807) is 14.2 Å². The van der Waals surface area contributed by atoms with Crippen molar-refractivity contribution in [1.82, 2.24) is 0 Å². The van der Waals surface area contributed by atoms with Crippen LogP contribution >= 0.6 is 23.2 Å². The Balaban J connectivity index is 2.36. The molecule has 0 bridgehead atoms. The number of benzene rings is 2. The van der Waals surface area contributed by atoms with Crippen molar-refractivity contribution in [2.75, 3.05) is 14.2 Å². The predicted octanol–water partition coefficient (Wildman–Crippen LogP) is 5.57. The molecule has 0 heterocycles. The number of halogens is 2. The minimum absolute atomic E-state index is 0.598. The van der Waals surface area contributed by atoms with E-state index in [1.165, 1.54) is 0 Å². The van der Waals surface area contributed by atoms with E-state index < -0.39 is 0 Å². The minimum atomic E-state index is 0.598. The van der Waals surface area contributed by atoms with E-state index in [0.29, 0.717) is 21.5 Å². The van der Waals surface area contributed by atoms with Gasteiger partial charge in [0.1, 0.15) is 11.5 Å². The normalized spacial score (nSPS) is 11.4. The standard InChI is InChI=1S/C17H16Cl2O2/c1-11(13-5-7-15(19)17(10-13)21-3)8-12-4-6-14(18)16(9-12)20-2/h4-10H,1-3H3. The second-order valence-electron chi connectivity index (χ2n) is 4.57. The molecule has 110 valence electrons. The van der Waals surface area contributed by atoms with Crippen LogP contribution in [-0.4, -0.2) is 14.2 Å². The number of hydrogen-bond donors (Lipinski definition) is 0. The van der Waals surface area contributed by atoms with Crippen molar-refractivity contribution in [3.05, 3.63) is 57.6 Å². The van der Waals surface area contributed by atoms with Gasteiger partial charge < -0.3 is 9.47 Å². The molecule has 2 aromatic rings. The van der Waals surface area contributed by atoms with Crippen LogP contribution in [0.15, 0.2) is 36.4 Å². The van der Waals surface area contributed by atoms with Gasteiger partial charge >= 0.3 is 0 Å². The van der Waals surface area contributed by atoms with Gasteiger partial charge in [0.05, 0.1) is 24.3 Å². The molecule has 2 rings (SSSR count). The third-order valence-corrected chi connectivity index (χ3v) is 3.79. The zero-order valence-electron chi connectivity index (χ0n) is 12.1. The van der Waals surface area contributed by atoms with Crippen LogP contribution in [-0.2, 0) is 0 Å². The number of allylic oxidation sites excluding steroid dienone is 1. The largest absolute Gasteiger partial charge is 0.495 e. The van der Waals surface area contributed by atoms with Gasteiger partial charge in [0, 0.05) is 0 Å². The van der Waals surface area contributed by atoms with E-state index in [2.05, 4.69) is 6.08 Å². The molecule has 0 unspecified atom stereocenters. The molecule has 0 atom stereocenters. The van der Waals surface area contributed by atoms with Gasteiger partial charge in [-0.3, -0.25) is 0 Å². The predicted molar refractivity (Wildman–Crippen MR) is 89.6 cm³/mol. The van der Waals surface area contributed by atoms with Crippen LogP contribution in [0.5, 0.6) is 11.5 Å². The molecular formula is C17H16Cl2O2. The Labute approximate surface area is 134 Å². The first-order valence-corrected chi connectivity index (χ1v) is 7.16.